The lowest BCUT2D eigenvalue weighted by Crippen LogP contribution is -2.14. The van der Waals surface area contributed by atoms with Gasteiger partial charge < -0.3 is 4.74 Å². The predicted octanol–water partition coefficient (Wildman–Crippen LogP) is 7.05. The number of ether oxygens (including phenoxy) is 1. The maximum absolute atomic E-state index is 14.4. The van der Waals surface area contributed by atoms with Crippen molar-refractivity contribution in [1.29, 1.82) is 0 Å². The maximum Gasteiger partial charge on any atom is 0.200 e. The third kappa shape index (κ3) is 4.60. The molecular weight excluding hydrogens is 361 g/mol. The largest absolute Gasteiger partial charge is 0.491 e. The number of benzene rings is 2. The third-order valence-corrected chi connectivity index (χ3v) is 5.61. The number of halogens is 3. The van der Waals surface area contributed by atoms with Crippen LogP contribution in [0.2, 0.25) is 0 Å². The second-order valence-electron chi connectivity index (χ2n) is 7.39. The number of allylic oxidation sites excluding steroid dienone is 1. The molecule has 3 rings (SSSR count). The van der Waals surface area contributed by atoms with Gasteiger partial charge in [-0.1, -0.05) is 37.3 Å². The summed E-state index contributed by atoms with van der Waals surface area (Å²) < 4.78 is 47.8. The fourth-order valence-corrected chi connectivity index (χ4v) is 3.92. The molecule has 1 aliphatic rings. The quantitative estimate of drug-likeness (QED) is 0.515. The summed E-state index contributed by atoms with van der Waals surface area (Å²) in [5.41, 5.74) is 2.02. The molecule has 1 aliphatic carbocycles. The Kier molecular flexibility index (Phi) is 6.82. The molecule has 0 saturated heterocycles. The lowest BCUT2D eigenvalue weighted by Gasteiger charge is -2.27. The summed E-state index contributed by atoms with van der Waals surface area (Å²) in [6.45, 7) is 4.04. The van der Waals surface area contributed by atoms with E-state index in [1.165, 1.54) is 6.07 Å². The van der Waals surface area contributed by atoms with Gasteiger partial charge in [0.15, 0.2) is 11.6 Å². The van der Waals surface area contributed by atoms with Crippen LogP contribution in [0.25, 0.3) is 6.08 Å². The normalized spacial score (nSPS) is 19.9. The first-order chi connectivity index (χ1) is 13.5. The molecule has 2 aromatic carbocycles. The zero-order valence-corrected chi connectivity index (χ0v) is 16.5. The van der Waals surface area contributed by atoms with E-state index in [1.807, 2.05) is 25.1 Å². The monoisotopic (exact) mass is 388 g/mol. The van der Waals surface area contributed by atoms with Crippen molar-refractivity contribution in [2.75, 3.05) is 6.61 Å². The molecular formula is C24H27F3O. The lowest BCUT2D eigenvalue weighted by molar-refractivity contribution is 0.310. The maximum atomic E-state index is 14.4. The summed E-state index contributed by atoms with van der Waals surface area (Å²) in [5.74, 6) is -1.57. The first kappa shape index (κ1) is 20.5. The summed E-state index contributed by atoms with van der Waals surface area (Å²) in [6.07, 6.45) is 8.04. The average molecular weight is 388 g/mol. The van der Waals surface area contributed by atoms with Gasteiger partial charge in [0.1, 0.15) is 5.82 Å². The van der Waals surface area contributed by atoms with E-state index in [0.29, 0.717) is 23.7 Å². The van der Waals surface area contributed by atoms with E-state index in [0.717, 1.165) is 37.7 Å². The Morgan fingerprint density at radius 1 is 0.964 bits per heavy atom. The van der Waals surface area contributed by atoms with E-state index >= 15 is 0 Å². The van der Waals surface area contributed by atoms with Gasteiger partial charge in [0.2, 0.25) is 5.82 Å². The zero-order valence-electron chi connectivity index (χ0n) is 16.5. The molecule has 4 heteroatoms. The van der Waals surface area contributed by atoms with Crippen LogP contribution >= 0.6 is 0 Å². The predicted molar refractivity (Wildman–Crippen MR) is 107 cm³/mol. The van der Waals surface area contributed by atoms with E-state index in [2.05, 4.69) is 6.08 Å². The molecule has 28 heavy (non-hydrogen) atoms. The number of hydrogen-bond acceptors (Lipinski definition) is 1. The highest BCUT2D eigenvalue weighted by molar-refractivity contribution is 5.51. The SMILES string of the molecule is CCOc1ccc(C2CCC(/C=C/c3ccc(CC)cc3F)CC2)c(F)c1F. The van der Waals surface area contributed by atoms with E-state index in [9.17, 15) is 13.2 Å². The first-order valence-electron chi connectivity index (χ1n) is 10.1. The van der Waals surface area contributed by atoms with Crippen LogP contribution in [0.5, 0.6) is 5.75 Å². The Bertz CT molecular complexity index is 836. The Balaban J connectivity index is 1.62. The summed E-state index contributed by atoms with van der Waals surface area (Å²) in [5, 5.41) is 0. The second-order valence-corrected chi connectivity index (χ2v) is 7.39. The molecule has 0 heterocycles. The molecule has 0 aliphatic heterocycles. The highest BCUT2D eigenvalue weighted by Gasteiger charge is 2.25. The van der Waals surface area contributed by atoms with E-state index in [-0.39, 0.29) is 17.5 Å². The van der Waals surface area contributed by atoms with Crippen molar-refractivity contribution >= 4 is 6.08 Å². The van der Waals surface area contributed by atoms with E-state index in [1.54, 1.807) is 19.1 Å². The Morgan fingerprint density at radius 3 is 2.36 bits per heavy atom. The average Bonchev–Trinajstić information content (AvgIpc) is 2.71. The van der Waals surface area contributed by atoms with Crippen molar-refractivity contribution in [2.24, 2.45) is 5.92 Å². The molecule has 1 nitrogen and oxygen atoms in total. The standard InChI is InChI=1S/C24H27F3O/c1-3-16-5-11-19(21(25)15-16)12-8-17-6-9-18(10-7-17)20-13-14-22(28-4-2)24(27)23(20)26/h5,8,11-15,17-18H,3-4,6-7,9-10H2,1-2H3/b12-8+. The summed E-state index contributed by atoms with van der Waals surface area (Å²) in [6, 6.07) is 8.51. The Hall–Kier alpha value is -2.23. The molecule has 0 bridgehead atoms. The molecule has 0 N–H and O–H groups in total. The number of hydrogen-bond donors (Lipinski definition) is 0. The van der Waals surface area contributed by atoms with E-state index in [4.69, 9.17) is 4.74 Å². The minimum absolute atomic E-state index is 0.00963. The van der Waals surface area contributed by atoms with Crippen molar-refractivity contribution < 1.29 is 17.9 Å². The van der Waals surface area contributed by atoms with Crippen LogP contribution in [-0.4, -0.2) is 6.61 Å². The van der Waals surface area contributed by atoms with Gasteiger partial charge in [-0.15, -0.1) is 0 Å². The van der Waals surface area contributed by atoms with Gasteiger partial charge in [-0.05, 0) is 74.1 Å². The summed E-state index contributed by atoms with van der Waals surface area (Å²) in [4.78, 5) is 0. The van der Waals surface area contributed by atoms with Gasteiger partial charge >= 0.3 is 0 Å². The molecule has 0 unspecified atom stereocenters. The van der Waals surface area contributed by atoms with Gasteiger partial charge in [-0.3, -0.25) is 0 Å². The molecule has 0 aromatic heterocycles. The van der Waals surface area contributed by atoms with Gasteiger partial charge in [0, 0.05) is 5.56 Å². The van der Waals surface area contributed by atoms with Gasteiger partial charge in [-0.25, -0.2) is 8.78 Å². The minimum Gasteiger partial charge on any atom is -0.491 e. The van der Waals surface area contributed by atoms with Crippen LogP contribution in [0.3, 0.4) is 0 Å². The lowest BCUT2D eigenvalue weighted by atomic mass is 9.78. The molecule has 0 amide bonds. The second kappa shape index (κ2) is 9.31. The van der Waals surface area contributed by atoms with Crippen molar-refractivity contribution in [3.8, 4) is 5.75 Å². The minimum atomic E-state index is -0.896. The summed E-state index contributed by atoms with van der Waals surface area (Å²) >= 11 is 0. The van der Waals surface area contributed by atoms with Crippen LogP contribution in [0.15, 0.2) is 36.4 Å². The fourth-order valence-electron chi connectivity index (χ4n) is 3.92. The van der Waals surface area contributed by atoms with E-state index < -0.39 is 11.6 Å². The molecule has 2 aromatic rings. The van der Waals surface area contributed by atoms with Crippen molar-refractivity contribution in [1.82, 2.24) is 0 Å². The van der Waals surface area contributed by atoms with Crippen LogP contribution in [0.4, 0.5) is 13.2 Å². The van der Waals surface area contributed by atoms with Crippen molar-refractivity contribution in [3.63, 3.8) is 0 Å². The number of rotatable bonds is 6. The van der Waals surface area contributed by atoms with Crippen molar-refractivity contribution in [2.45, 2.75) is 51.9 Å². The zero-order chi connectivity index (χ0) is 20.1. The van der Waals surface area contributed by atoms with Crippen molar-refractivity contribution in [3.05, 3.63) is 70.5 Å². The smallest absolute Gasteiger partial charge is 0.200 e. The highest BCUT2D eigenvalue weighted by Crippen LogP contribution is 2.39. The highest BCUT2D eigenvalue weighted by atomic mass is 19.2. The number of aryl methyl sites for hydroxylation is 1. The molecule has 1 saturated carbocycles. The third-order valence-electron chi connectivity index (χ3n) is 5.61. The summed E-state index contributed by atoms with van der Waals surface area (Å²) in [7, 11) is 0. The van der Waals surface area contributed by atoms with Gasteiger partial charge in [0.25, 0.3) is 0 Å². The van der Waals surface area contributed by atoms with Gasteiger partial charge in [-0.2, -0.15) is 4.39 Å². The van der Waals surface area contributed by atoms with Gasteiger partial charge in [0.05, 0.1) is 6.61 Å². The van der Waals surface area contributed by atoms with Crippen LogP contribution in [0, 0.1) is 23.4 Å². The first-order valence-corrected chi connectivity index (χ1v) is 10.1. The molecule has 1 fully saturated rings. The molecule has 0 radical (unpaired) electrons. The van der Waals surface area contributed by atoms with Crippen LogP contribution in [-0.2, 0) is 6.42 Å². The topological polar surface area (TPSA) is 9.23 Å². The fraction of sp³-hybridized carbons (Fsp3) is 0.417. The van der Waals surface area contributed by atoms with Crippen LogP contribution < -0.4 is 4.74 Å². The Morgan fingerprint density at radius 2 is 1.71 bits per heavy atom. The Labute approximate surface area is 165 Å². The molecule has 150 valence electrons. The molecule has 0 spiro atoms. The molecule has 0 atom stereocenters. The van der Waals surface area contributed by atoms with Crippen LogP contribution in [0.1, 0.15) is 62.1 Å².